The van der Waals surface area contributed by atoms with Gasteiger partial charge in [0.1, 0.15) is 5.78 Å². The van der Waals surface area contributed by atoms with Gasteiger partial charge in [-0.3, -0.25) is 4.79 Å². The molecule has 0 heterocycles. The number of methoxy groups -OCH3 is 2. The SMILES string of the molecule is COc1cc2c(cc1OC)C1(C)CCCCCC(C2)C1=O. The minimum atomic E-state index is -0.349. The Morgan fingerprint density at radius 3 is 2.52 bits per heavy atom. The van der Waals surface area contributed by atoms with E-state index >= 15 is 0 Å². The standard InChI is InChI=1S/C18H24O3/c1-18-8-6-4-5-7-12(17(18)19)9-13-10-15(20-2)16(21-3)11-14(13)18/h10-12H,4-9H2,1-3H3. The Hall–Kier alpha value is -1.51. The van der Waals surface area contributed by atoms with Gasteiger partial charge < -0.3 is 9.47 Å². The molecule has 3 heteroatoms. The summed E-state index contributed by atoms with van der Waals surface area (Å²) in [6.45, 7) is 2.12. The number of hydrogen-bond acceptors (Lipinski definition) is 3. The molecular weight excluding hydrogens is 264 g/mol. The number of carbonyl (C=O) groups excluding carboxylic acids is 1. The lowest BCUT2D eigenvalue weighted by atomic mass is 9.62. The van der Waals surface area contributed by atoms with Crippen LogP contribution in [-0.2, 0) is 16.6 Å². The van der Waals surface area contributed by atoms with Gasteiger partial charge in [-0.2, -0.15) is 0 Å². The molecule has 2 unspecified atom stereocenters. The fourth-order valence-electron chi connectivity index (χ4n) is 4.08. The van der Waals surface area contributed by atoms with Gasteiger partial charge in [-0.15, -0.1) is 0 Å². The summed E-state index contributed by atoms with van der Waals surface area (Å²) in [5.41, 5.74) is 2.07. The first kappa shape index (κ1) is 14.4. The lowest BCUT2D eigenvalue weighted by Gasteiger charge is -2.40. The smallest absolute Gasteiger partial charge is 0.161 e. The van der Waals surface area contributed by atoms with E-state index in [4.69, 9.17) is 9.47 Å². The maximum atomic E-state index is 12.9. The van der Waals surface area contributed by atoms with Gasteiger partial charge in [0.05, 0.1) is 19.6 Å². The second kappa shape index (κ2) is 5.36. The summed E-state index contributed by atoms with van der Waals surface area (Å²) in [5.74, 6) is 2.11. The van der Waals surface area contributed by atoms with Crippen molar-refractivity contribution in [1.82, 2.24) is 0 Å². The summed E-state index contributed by atoms with van der Waals surface area (Å²) in [6, 6.07) is 4.11. The van der Waals surface area contributed by atoms with Crippen molar-refractivity contribution in [2.45, 2.75) is 50.9 Å². The van der Waals surface area contributed by atoms with Crippen LogP contribution in [0.15, 0.2) is 12.1 Å². The topological polar surface area (TPSA) is 35.5 Å². The summed E-state index contributed by atoms with van der Waals surface area (Å²) in [6.07, 6.45) is 6.37. The fourth-order valence-corrected chi connectivity index (χ4v) is 4.08. The quantitative estimate of drug-likeness (QED) is 0.833. The monoisotopic (exact) mass is 288 g/mol. The Morgan fingerprint density at radius 1 is 1.10 bits per heavy atom. The summed E-state index contributed by atoms with van der Waals surface area (Å²) in [5, 5.41) is 0. The second-order valence-corrected chi connectivity index (χ2v) is 6.56. The third-order valence-corrected chi connectivity index (χ3v) is 5.31. The van der Waals surface area contributed by atoms with Crippen LogP contribution in [-0.4, -0.2) is 20.0 Å². The Kier molecular flexibility index (Phi) is 3.68. The van der Waals surface area contributed by atoms with Crippen molar-refractivity contribution >= 4 is 5.78 Å². The first-order valence-corrected chi connectivity index (χ1v) is 7.90. The fraction of sp³-hybridized carbons (Fsp3) is 0.611. The van der Waals surface area contributed by atoms with Crippen LogP contribution in [0.3, 0.4) is 0 Å². The summed E-state index contributed by atoms with van der Waals surface area (Å²) in [7, 11) is 3.32. The highest BCUT2D eigenvalue weighted by Crippen LogP contribution is 2.46. The molecule has 0 amide bonds. The number of benzene rings is 1. The molecule has 114 valence electrons. The van der Waals surface area contributed by atoms with Crippen LogP contribution in [0, 0.1) is 5.92 Å². The zero-order valence-electron chi connectivity index (χ0n) is 13.2. The van der Waals surface area contributed by atoms with Gasteiger partial charge in [0.15, 0.2) is 11.5 Å². The summed E-state index contributed by atoms with van der Waals surface area (Å²) >= 11 is 0. The van der Waals surface area contributed by atoms with E-state index < -0.39 is 0 Å². The molecular formula is C18H24O3. The Labute approximate surface area is 126 Å². The third kappa shape index (κ3) is 2.23. The number of Topliss-reactive ketones (excluding diaryl/α,β-unsaturated/α-hetero) is 1. The highest BCUT2D eigenvalue weighted by molar-refractivity contribution is 5.94. The highest BCUT2D eigenvalue weighted by atomic mass is 16.5. The predicted molar refractivity (Wildman–Crippen MR) is 82.2 cm³/mol. The van der Waals surface area contributed by atoms with Crippen LogP contribution >= 0.6 is 0 Å². The third-order valence-electron chi connectivity index (χ3n) is 5.31. The number of carbonyl (C=O) groups is 1. The van der Waals surface area contributed by atoms with E-state index in [1.54, 1.807) is 14.2 Å². The molecule has 1 aromatic carbocycles. The van der Waals surface area contributed by atoms with Crippen molar-refractivity contribution in [2.24, 2.45) is 5.92 Å². The van der Waals surface area contributed by atoms with Crippen LogP contribution in [0.1, 0.15) is 50.2 Å². The Bertz CT molecular complexity index is 564. The van der Waals surface area contributed by atoms with E-state index in [2.05, 4.69) is 13.0 Å². The minimum absolute atomic E-state index is 0.181. The number of ether oxygens (including phenoxy) is 2. The Balaban J connectivity index is 2.15. The van der Waals surface area contributed by atoms with Gasteiger partial charge in [0.25, 0.3) is 0 Å². The van der Waals surface area contributed by atoms with Crippen LogP contribution in [0.25, 0.3) is 0 Å². The summed E-state index contributed by atoms with van der Waals surface area (Å²) in [4.78, 5) is 12.9. The van der Waals surface area contributed by atoms with Crippen molar-refractivity contribution < 1.29 is 14.3 Å². The zero-order chi connectivity index (χ0) is 15.0. The average Bonchev–Trinajstić information content (AvgIpc) is 2.50. The highest BCUT2D eigenvalue weighted by Gasteiger charge is 2.45. The van der Waals surface area contributed by atoms with Gasteiger partial charge in [-0.05, 0) is 49.4 Å². The molecule has 2 bridgehead atoms. The van der Waals surface area contributed by atoms with E-state index in [1.165, 1.54) is 18.4 Å². The maximum Gasteiger partial charge on any atom is 0.161 e. The van der Waals surface area contributed by atoms with Crippen LogP contribution in [0.5, 0.6) is 11.5 Å². The van der Waals surface area contributed by atoms with Crippen LogP contribution < -0.4 is 9.47 Å². The van der Waals surface area contributed by atoms with E-state index in [-0.39, 0.29) is 11.3 Å². The molecule has 0 aromatic heterocycles. The van der Waals surface area contributed by atoms with Crippen molar-refractivity contribution in [2.75, 3.05) is 14.2 Å². The maximum absolute atomic E-state index is 12.9. The molecule has 0 saturated heterocycles. The van der Waals surface area contributed by atoms with Crippen molar-refractivity contribution in [3.63, 3.8) is 0 Å². The van der Waals surface area contributed by atoms with E-state index in [0.717, 1.165) is 42.7 Å². The van der Waals surface area contributed by atoms with Crippen LogP contribution in [0.2, 0.25) is 0 Å². The van der Waals surface area contributed by atoms with Gasteiger partial charge in [0, 0.05) is 5.92 Å². The molecule has 3 rings (SSSR count). The molecule has 1 fully saturated rings. The van der Waals surface area contributed by atoms with Crippen molar-refractivity contribution in [1.29, 1.82) is 0 Å². The van der Waals surface area contributed by atoms with Crippen molar-refractivity contribution in [3.8, 4) is 11.5 Å². The molecule has 1 aromatic rings. The Morgan fingerprint density at radius 2 is 1.81 bits per heavy atom. The molecule has 2 aliphatic rings. The number of hydrogen-bond donors (Lipinski definition) is 0. The number of ketones is 1. The van der Waals surface area contributed by atoms with Crippen LogP contribution in [0.4, 0.5) is 0 Å². The first-order valence-electron chi connectivity index (χ1n) is 7.90. The average molecular weight is 288 g/mol. The van der Waals surface area contributed by atoms with Crippen molar-refractivity contribution in [3.05, 3.63) is 23.3 Å². The van der Waals surface area contributed by atoms with Gasteiger partial charge in [-0.25, -0.2) is 0 Å². The molecule has 0 aliphatic heterocycles. The second-order valence-electron chi connectivity index (χ2n) is 6.56. The normalized spacial score (nSPS) is 28.3. The molecule has 0 spiro atoms. The molecule has 2 aliphatic carbocycles. The molecule has 2 atom stereocenters. The lowest BCUT2D eigenvalue weighted by molar-refractivity contribution is -0.129. The van der Waals surface area contributed by atoms with Gasteiger partial charge >= 0.3 is 0 Å². The molecule has 1 saturated carbocycles. The van der Waals surface area contributed by atoms with E-state index in [9.17, 15) is 4.79 Å². The molecule has 0 radical (unpaired) electrons. The van der Waals surface area contributed by atoms with E-state index in [1.807, 2.05) is 6.07 Å². The molecule has 0 N–H and O–H groups in total. The molecule has 21 heavy (non-hydrogen) atoms. The number of rotatable bonds is 2. The van der Waals surface area contributed by atoms with Gasteiger partial charge in [0.2, 0.25) is 0 Å². The first-order chi connectivity index (χ1) is 10.1. The largest absolute Gasteiger partial charge is 0.493 e. The lowest BCUT2D eigenvalue weighted by Crippen LogP contribution is -2.44. The number of fused-ring (bicyclic) bond motifs is 4. The van der Waals surface area contributed by atoms with E-state index in [0.29, 0.717) is 5.78 Å². The predicted octanol–water partition coefficient (Wildman–Crippen LogP) is 3.67. The minimum Gasteiger partial charge on any atom is -0.493 e. The zero-order valence-corrected chi connectivity index (χ0v) is 13.2. The summed E-state index contributed by atoms with van der Waals surface area (Å²) < 4.78 is 10.9. The van der Waals surface area contributed by atoms with Gasteiger partial charge in [-0.1, -0.05) is 19.3 Å². The molecule has 3 nitrogen and oxygen atoms in total.